The summed E-state index contributed by atoms with van der Waals surface area (Å²) in [5, 5.41) is 8.76. The van der Waals surface area contributed by atoms with Gasteiger partial charge in [-0.25, -0.2) is 4.98 Å². The van der Waals surface area contributed by atoms with E-state index in [9.17, 15) is 0 Å². The van der Waals surface area contributed by atoms with Crippen LogP contribution in [0.25, 0.3) is 11.0 Å². The molecule has 18 heavy (non-hydrogen) atoms. The Hall–Kier alpha value is -1.86. The van der Waals surface area contributed by atoms with E-state index in [-0.39, 0.29) is 5.41 Å². The van der Waals surface area contributed by atoms with Crippen LogP contribution in [0.15, 0.2) is 18.2 Å². The first-order chi connectivity index (χ1) is 8.73. The zero-order valence-corrected chi connectivity index (χ0v) is 10.4. The highest BCUT2D eigenvalue weighted by Crippen LogP contribution is 2.37. The monoisotopic (exact) mass is 241 g/mol. The van der Waals surface area contributed by atoms with Gasteiger partial charge in [-0.2, -0.15) is 5.26 Å². The number of hydrogen-bond acceptors (Lipinski definition) is 3. The third-order valence-corrected chi connectivity index (χ3v) is 3.68. The molecule has 1 aromatic heterocycles. The third-order valence-electron chi connectivity index (χ3n) is 3.68. The summed E-state index contributed by atoms with van der Waals surface area (Å²) in [5.41, 5.74) is 3.34. The summed E-state index contributed by atoms with van der Waals surface area (Å²) >= 11 is 0. The summed E-state index contributed by atoms with van der Waals surface area (Å²) in [5.74, 6) is 0.929. The number of H-pyrrole nitrogens is 1. The van der Waals surface area contributed by atoms with Crippen LogP contribution < -0.4 is 0 Å². The fourth-order valence-electron chi connectivity index (χ4n) is 2.57. The lowest BCUT2D eigenvalue weighted by atomic mass is 9.75. The van der Waals surface area contributed by atoms with Gasteiger partial charge in [0.1, 0.15) is 5.82 Å². The fourth-order valence-corrected chi connectivity index (χ4v) is 2.57. The number of nitrogens with one attached hydrogen (secondary N) is 1. The quantitative estimate of drug-likeness (QED) is 0.897. The van der Waals surface area contributed by atoms with Gasteiger partial charge < -0.3 is 9.72 Å². The Morgan fingerprint density at radius 1 is 1.50 bits per heavy atom. The fraction of sp³-hybridized carbons (Fsp3) is 0.429. The highest BCUT2D eigenvalue weighted by Gasteiger charge is 2.39. The van der Waals surface area contributed by atoms with Crippen LogP contribution in [0.3, 0.4) is 0 Å². The molecule has 0 aliphatic carbocycles. The Morgan fingerprint density at radius 3 is 3.00 bits per heavy atom. The van der Waals surface area contributed by atoms with Crippen LogP contribution in [0, 0.1) is 18.3 Å². The number of hydrogen-bond donors (Lipinski definition) is 1. The average Bonchev–Trinajstić information content (AvgIpc) is 2.67. The molecule has 92 valence electrons. The van der Waals surface area contributed by atoms with Gasteiger partial charge in [0.2, 0.25) is 0 Å². The molecule has 1 aromatic carbocycles. The number of imidazole rings is 1. The molecule has 1 N–H and O–H groups in total. The molecule has 2 heterocycles. The lowest BCUT2D eigenvalue weighted by molar-refractivity contribution is -0.0636. The van der Waals surface area contributed by atoms with Gasteiger partial charge in [0.05, 0.1) is 30.3 Å². The van der Waals surface area contributed by atoms with Gasteiger partial charge in [-0.3, -0.25) is 0 Å². The first-order valence-electron chi connectivity index (χ1n) is 6.15. The van der Waals surface area contributed by atoms with E-state index in [1.807, 2.05) is 13.0 Å². The van der Waals surface area contributed by atoms with Gasteiger partial charge in [0, 0.05) is 11.8 Å². The number of fused-ring (bicyclic) bond motifs is 1. The van der Waals surface area contributed by atoms with Crippen molar-refractivity contribution < 1.29 is 4.74 Å². The van der Waals surface area contributed by atoms with Gasteiger partial charge >= 0.3 is 0 Å². The molecule has 0 amide bonds. The van der Waals surface area contributed by atoms with Crippen LogP contribution in [0.4, 0.5) is 0 Å². The van der Waals surface area contributed by atoms with Gasteiger partial charge in [0.25, 0.3) is 0 Å². The average molecular weight is 241 g/mol. The van der Waals surface area contributed by atoms with Crippen molar-refractivity contribution in [1.29, 1.82) is 5.26 Å². The Morgan fingerprint density at radius 2 is 2.33 bits per heavy atom. The number of aromatic amines is 1. The SMILES string of the molecule is Cc1nc2ccc(C3(CCC#N)COC3)cc2[nH]1. The molecule has 0 spiro atoms. The van der Waals surface area contributed by atoms with Gasteiger partial charge in [-0.15, -0.1) is 0 Å². The predicted molar refractivity (Wildman–Crippen MR) is 68.2 cm³/mol. The number of aromatic nitrogens is 2. The smallest absolute Gasteiger partial charge is 0.104 e. The topological polar surface area (TPSA) is 61.7 Å². The van der Waals surface area contributed by atoms with E-state index in [1.54, 1.807) is 0 Å². The van der Waals surface area contributed by atoms with E-state index in [0.29, 0.717) is 19.6 Å². The minimum absolute atomic E-state index is 0.0307. The molecule has 2 aromatic rings. The van der Waals surface area contributed by atoms with Crippen LogP contribution in [0.5, 0.6) is 0 Å². The minimum atomic E-state index is 0.0307. The Labute approximate surface area is 106 Å². The van der Waals surface area contributed by atoms with E-state index in [2.05, 4.69) is 28.2 Å². The van der Waals surface area contributed by atoms with E-state index < -0.39 is 0 Å². The standard InChI is InChI=1S/C14H15N3O/c1-10-16-12-4-3-11(7-13(12)17-10)14(5-2-6-15)8-18-9-14/h3-4,7H,2,5,8-9H2,1H3,(H,16,17). The summed E-state index contributed by atoms with van der Waals surface area (Å²) in [6.07, 6.45) is 1.44. The normalized spacial score (nSPS) is 17.3. The molecule has 0 unspecified atom stereocenters. The largest absolute Gasteiger partial charge is 0.379 e. The van der Waals surface area contributed by atoms with Crippen molar-refractivity contribution in [2.75, 3.05) is 13.2 Å². The van der Waals surface area contributed by atoms with Crippen molar-refractivity contribution in [3.63, 3.8) is 0 Å². The molecule has 1 fully saturated rings. The zero-order valence-electron chi connectivity index (χ0n) is 10.4. The maximum atomic E-state index is 8.76. The first-order valence-corrected chi connectivity index (χ1v) is 6.15. The molecule has 4 heteroatoms. The van der Waals surface area contributed by atoms with Gasteiger partial charge in [-0.1, -0.05) is 6.07 Å². The second kappa shape index (κ2) is 4.11. The molecule has 0 radical (unpaired) electrons. The van der Waals surface area contributed by atoms with Crippen LogP contribution in [-0.4, -0.2) is 23.2 Å². The van der Waals surface area contributed by atoms with Crippen molar-refractivity contribution in [3.05, 3.63) is 29.6 Å². The number of aryl methyl sites for hydroxylation is 1. The maximum absolute atomic E-state index is 8.76. The predicted octanol–water partition coefficient (Wildman–Crippen LogP) is 2.44. The third kappa shape index (κ3) is 1.68. The van der Waals surface area contributed by atoms with Crippen LogP contribution in [0.2, 0.25) is 0 Å². The number of rotatable bonds is 3. The molecular weight excluding hydrogens is 226 g/mol. The van der Waals surface area contributed by atoms with Crippen LogP contribution >= 0.6 is 0 Å². The molecular formula is C14H15N3O. The highest BCUT2D eigenvalue weighted by molar-refractivity contribution is 5.76. The number of nitriles is 1. The highest BCUT2D eigenvalue weighted by atomic mass is 16.5. The van der Waals surface area contributed by atoms with Gasteiger partial charge in [0.15, 0.2) is 0 Å². The minimum Gasteiger partial charge on any atom is -0.379 e. The summed E-state index contributed by atoms with van der Waals surface area (Å²) < 4.78 is 5.37. The van der Waals surface area contributed by atoms with Gasteiger partial charge in [-0.05, 0) is 31.0 Å². The molecule has 0 atom stereocenters. The summed E-state index contributed by atoms with van der Waals surface area (Å²) in [6, 6.07) is 8.53. The molecule has 0 bridgehead atoms. The molecule has 1 saturated heterocycles. The lowest BCUT2D eigenvalue weighted by Gasteiger charge is -2.41. The van der Waals surface area contributed by atoms with Crippen molar-refractivity contribution in [3.8, 4) is 6.07 Å². The molecule has 3 rings (SSSR count). The van der Waals surface area contributed by atoms with E-state index in [0.717, 1.165) is 23.3 Å². The number of benzene rings is 1. The van der Waals surface area contributed by atoms with E-state index in [4.69, 9.17) is 10.00 Å². The summed E-state index contributed by atoms with van der Waals surface area (Å²) in [4.78, 5) is 7.66. The Bertz CT molecular complexity index is 619. The van der Waals surface area contributed by atoms with E-state index in [1.165, 1.54) is 5.56 Å². The molecule has 0 saturated carbocycles. The van der Waals surface area contributed by atoms with Crippen molar-refractivity contribution in [2.24, 2.45) is 0 Å². The number of nitrogens with zero attached hydrogens (tertiary/aromatic N) is 2. The molecule has 1 aliphatic heterocycles. The Balaban J connectivity index is 1.99. The second-order valence-electron chi connectivity index (χ2n) is 4.99. The molecule has 4 nitrogen and oxygen atoms in total. The lowest BCUT2D eigenvalue weighted by Crippen LogP contribution is -2.46. The van der Waals surface area contributed by atoms with Crippen molar-refractivity contribution >= 4 is 11.0 Å². The second-order valence-corrected chi connectivity index (χ2v) is 4.99. The Kier molecular flexibility index (Phi) is 2.57. The van der Waals surface area contributed by atoms with Crippen molar-refractivity contribution in [2.45, 2.75) is 25.2 Å². The zero-order chi connectivity index (χ0) is 12.6. The van der Waals surface area contributed by atoms with Crippen LogP contribution in [0.1, 0.15) is 24.2 Å². The van der Waals surface area contributed by atoms with Crippen LogP contribution in [-0.2, 0) is 10.2 Å². The summed E-state index contributed by atoms with van der Waals surface area (Å²) in [7, 11) is 0. The van der Waals surface area contributed by atoms with E-state index >= 15 is 0 Å². The first kappa shape index (κ1) is 11.2. The number of ether oxygens (including phenoxy) is 1. The molecule has 1 aliphatic rings. The maximum Gasteiger partial charge on any atom is 0.104 e. The summed E-state index contributed by atoms with van der Waals surface area (Å²) in [6.45, 7) is 3.39. The van der Waals surface area contributed by atoms with Crippen molar-refractivity contribution in [1.82, 2.24) is 9.97 Å².